The van der Waals surface area contributed by atoms with Crippen molar-refractivity contribution in [3.63, 3.8) is 0 Å². The van der Waals surface area contributed by atoms with Gasteiger partial charge in [0.15, 0.2) is 0 Å². The zero-order chi connectivity index (χ0) is 19.9. The first-order valence-corrected chi connectivity index (χ1v) is 11.1. The Balaban J connectivity index is 1.45. The molecule has 0 radical (unpaired) electrons. The predicted octanol–water partition coefficient (Wildman–Crippen LogP) is 4.18. The molecule has 0 saturated heterocycles. The van der Waals surface area contributed by atoms with Crippen molar-refractivity contribution in [2.75, 3.05) is 10.7 Å². The van der Waals surface area contributed by atoms with Gasteiger partial charge in [-0.1, -0.05) is 79.6 Å². The lowest BCUT2D eigenvalue weighted by molar-refractivity contribution is -0.116. The number of amides is 1. The first-order chi connectivity index (χ1) is 14.3. The maximum absolute atomic E-state index is 13.2. The SMILES string of the molecule is O=C(CSc1nnnn1Cc1ccccc1)N(c1ccccc1)C1CCCCC1. The van der Waals surface area contributed by atoms with Crippen molar-refractivity contribution in [1.82, 2.24) is 20.2 Å². The normalized spacial score (nSPS) is 14.6. The molecule has 0 atom stereocenters. The van der Waals surface area contributed by atoms with Gasteiger partial charge in [-0.15, -0.1) is 5.10 Å². The second-order valence-corrected chi connectivity index (χ2v) is 8.23. The summed E-state index contributed by atoms with van der Waals surface area (Å²) in [7, 11) is 0. The highest BCUT2D eigenvalue weighted by Gasteiger charge is 2.27. The highest BCUT2D eigenvalue weighted by molar-refractivity contribution is 7.99. The number of thioether (sulfide) groups is 1. The molecule has 6 nitrogen and oxygen atoms in total. The van der Waals surface area contributed by atoms with Gasteiger partial charge in [0.25, 0.3) is 0 Å². The van der Waals surface area contributed by atoms with E-state index in [0.29, 0.717) is 17.5 Å². The Hall–Kier alpha value is -2.67. The number of benzene rings is 2. The van der Waals surface area contributed by atoms with E-state index >= 15 is 0 Å². The van der Waals surface area contributed by atoms with Crippen molar-refractivity contribution >= 4 is 23.4 Å². The summed E-state index contributed by atoms with van der Waals surface area (Å²) in [6, 6.07) is 20.4. The van der Waals surface area contributed by atoms with Crippen LogP contribution in [0.5, 0.6) is 0 Å². The quantitative estimate of drug-likeness (QED) is 0.550. The van der Waals surface area contributed by atoms with Crippen LogP contribution in [0.2, 0.25) is 0 Å². The number of anilines is 1. The van der Waals surface area contributed by atoms with Crippen molar-refractivity contribution in [3.05, 3.63) is 66.2 Å². The lowest BCUT2D eigenvalue weighted by atomic mass is 9.93. The van der Waals surface area contributed by atoms with Crippen LogP contribution in [-0.4, -0.2) is 37.9 Å². The van der Waals surface area contributed by atoms with Crippen molar-refractivity contribution in [3.8, 4) is 0 Å². The van der Waals surface area contributed by atoms with E-state index in [9.17, 15) is 4.79 Å². The molecule has 3 aromatic rings. The third-order valence-corrected chi connectivity index (χ3v) is 6.18. The first kappa shape index (κ1) is 19.6. The summed E-state index contributed by atoms with van der Waals surface area (Å²) < 4.78 is 1.75. The van der Waals surface area contributed by atoms with E-state index in [4.69, 9.17) is 0 Å². The summed E-state index contributed by atoms with van der Waals surface area (Å²) in [5.74, 6) is 0.433. The number of carbonyl (C=O) groups is 1. The first-order valence-electron chi connectivity index (χ1n) is 10.1. The molecule has 1 aromatic heterocycles. The fraction of sp³-hybridized carbons (Fsp3) is 0.364. The Morgan fingerprint density at radius 2 is 1.69 bits per heavy atom. The van der Waals surface area contributed by atoms with E-state index in [0.717, 1.165) is 24.1 Å². The predicted molar refractivity (Wildman–Crippen MR) is 115 cm³/mol. The van der Waals surface area contributed by atoms with E-state index < -0.39 is 0 Å². The van der Waals surface area contributed by atoms with Gasteiger partial charge in [0, 0.05) is 11.7 Å². The van der Waals surface area contributed by atoms with Crippen LogP contribution in [0.3, 0.4) is 0 Å². The number of hydrogen-bond donors (Lipinski definition) is 0. The van der Waals surface area contributed by atoms with Gasteiger partial charge in [0.1, 0.15) is 0 Å². The van der Waals surface area contributed by atoms with Crippen LogP contribution in [0.15, 0.2) is 65.8 Å². The monoisotopic (exact) mass is 407 g/mol. The van der Waals surface area contributed by atoms with Crippen LogP contribution < -0.4 is 4.90 Å². The minimum atomic E-state index is 0.113. The number of hydrogen-bond acceptors (Lipinski definition) is 5. The second-order valence-electron chi connectivity index (χ2n) is 7.28. The summed E-state index contributed by atoms with van der Waals surface area (Å²) in [6.07, 6.45) is 5.76. The maximum Gasteiger partial charge on any atom is 0.237 e. The van der Waals surface area contributed by atoms with Crippen LogP contribution in [0.4, 0.5) is 5.69 Å². The summed E-state index contributed by atoms with van der Waals surface area (Å²) in [6.45, 7) is 0.593. The van der Waals surface area contributed by atoms with Crippen LogP contribution in [0.25, 0.3) is 0 Å². The molecular weight excluding hydrogens is 382 g/mol. The molecule has 1 heterocycles. The molecule has 0 spiro atoms. The lowest BCUT2D eigenvalue weighted by Crippen LogP contribution is -2.42. The Morgan fingerprint density at radius 3 is 2.41 bits per heavy atom. The molecule has 1 amide bonds. The van der Waals surface area contributed by atoms with Gasteiger partial charge in [-0.2, -0.15) is 0 Å². The summed E-state index contributed by atoms with van der Waals surface area (Å²) in [4.78, 5) is 15.2. The highest BCUT2D eigenvalue weighted by Crippen LogP contribution is 2.28. The molecule has 0 bridgehead atoms. The average molecular weight is 408 g/mol. The lowest BCUT2D eigenvalue weighted by Gasteiger charge is -2.34. The molecule has 0 N–H and O–H groups in total. The number of aromatic nitrogens is 4. The molecule has 1 aliphatic rings. The van der Waals surface area contributed by atoms with Gasteiger partial charge >= 0.3 is 0 Å². The van der Waals surface area contributed by atoms with Crippen LogP contribution in [0.1, 0.15) is 37.7 Å². The van der Waals surface area contributed by atoms with Gasteiger partial charge in [0.2, 0.25) is 11.1 Å². The van der Waals surface area contributed by atoms with Crippen molar-refractivity contribution in [1.29, 1.82) is 0 Å². The molecule has 1 fully saturated rings. The molecule has 1 aliphatic carbocycles. The molecular formula is C22H25N5OS. The highest BCUT2D eigenvalue weighted by atomic mass is 32.2. The molecule has 2 aromatic carbocycles. The van der Waals surface area contributed by atoms with Crippen molar-refractivity contribution in [2.45, 2.75) is 49.8 Å². The fourth-order valence-electron chi connectivity index (χ4n) is 3.84. The van der Waals surface area contributed by atoms with E-state index in [2.05, 4.69) is 15.5 Å². The van der Waals surface area contributed by atoms with Crippen LogP contribution in [0, 0.1) is 0 Å². The summed E-state index contributed by atoms with van der Waals surface area (Å²) in [5.41, 5.74) is 2.11. The van der Waals surface area contributed by atoms with E-state index in [1.807, 2.05) is 65.6 Å². The minimum Gasteiger partial charge on any atom is -0.309 e. The standard InChI is InChI=1S/C22H25N5OS/c28-21(27(19-12-6-2-7-13-19)20-14-8-3-9-15-20)17-29-22-23-24-25-26(22)16-18-10-4-1-5-11-18/h1-2,4-7,10-13,20H,3,8-9,14-17H2. The molecule has 1 saturated carbocycles. The Bertz CT molecular complexity index is 909. The third kappa shape index (κ3) is 5.03. The van der Waals surface area contributed by atoms with Crippen LogP contribution >= 0.6 is 11.8 Å². The number of rotatable bonds is 7. The van der Waals surface area contributed by atoms with Gasteiger partial charge < -0.3 is 4.90 Å². The Labute approximate surface area is 175 Å². The molecule has 29 heavy (non-hydrogen) atoms. The van der Waals surface area contributed by atoms with Crippen molar-refractivity contribution in [2.24, 2.45) is 0 Å². The minimum absolute atomic E-state index is 0.113. The van der Waals surface area contributed by atoms with E-state index in [1.54, 1.807) is 4.68 Å². The van der Waals surface area contributed by atoms with E-state index in [1.165, 1.54) is 31.0 Å². The Kier molecular flexibility index (Phi) is 6.56. The summed E-state index contributed by atoms with van der Waals surface area (Å²) in [5, 5.41) is 12.7. The molecule has 4 rings (SSSR count). The largest absolute Gasteiger partial charge is 0.309 e. The second kappa shape index (κ2) is 9.69. The number of para-hydroxylation sites is 1. The number of tetrazole rings is 1. The van der Waals surface area contributed by atoms with Crippen LogP contribution in [-0.2, 0) is 11.3 Å². The number of nitrogens with zero attached hydrogens (tertiary/aromatic N) is 5. The van der Waals surface area contributed by atoms with Gasteiger partial charge in [-0.05, 0) is 41.0 Å². The van der Waals surface area contributed by atoms with E-state index in [-0.39, 0.29) is 11.9 Å². The molecule has 0 unspecified atom stereocenters. The van der Waals surface area contributed by atoms with Gasteiger partial charge in [-0.25, -0.2) is 4.68 Å². The fourth-order valence-corrected chi connectivity index (χ4v) is 4.57. The topological polar surface area (TPSA) is 63.9 Å². The smallest absolute Gasteiger partial charge is 0.237 e. The number of carbonyl (C=O) groups excluding carboxylic acids is 1. The third-order valence-electron chi connectivity index (χ3n) is 5.24. The summed E-state index contributed by atoms with van der Waals surface area (Å²) >= 11 is 1.40. The molecule has 150 valence electrons. The van der Waals surface area contributed by atoms with Crippen molar-refractivity contribution < 1.29 is 4.79 Å². The molecule has 7 heteroatoms. The Morgan fingerprint density at radius 1 is 1.00 bits per heavy atom. The maximum atomic E-state index is 13.2. The zero-order valence-electron chi connectivity index (χ0n) is 16.4. The molecule has 0 aliphatic heterocycles. The van der Waals surface area contributed by atoms with Gasteiger partial charge in [-0.3, -0.25) is 4.79 Å². The zero-order valence-corrected chi connectivity index (χ0v) is 17.2. The van der Waals surface area contributed by atoms with Gasteiger partial charge in [0.05, 0.1) is 12.3 Å². The average Bonchev–Trinajstić information content (AvgIpc) is 3.21.